The van der Waals surface area contributed by atoms with E-state index in [2.05, 4.69) is 20.6 Å². The molecule has 1 aliphatic heterocycles. The Hall–Kier alpha value is -3.16. The standard InChI is InChI=1S/C21H24FN5O2/c1-6-27-19(29)11-7-8-13(22)15(17(11)25-20(27)26-21(3,4)5)14-9-12-16(24-14)10(2)23-18(12)28/h7-10,24H,6H2,1-5H3,(H,23,28)(H,25,26). The van der Waals surface area contributed by atoms with E-state index in [1.807, 2.05) is 34.6 Å². The van der Waals surface area contributed by atoms with Crippen LogP contribution >= 0.6 is 0 Å². The summed E-state index contributed by atoms with van der Waals surface area (Å²) in [5, 5.41) is 6.38. The summed E-state index contributed by atoms with van der Waals surface area (Å²) in [5.41, 5.74) is 1.50. The van der Waals surface area contributed by atoms with Gasteiger partial charge in [0, 0.05) is 12.1 Å². The molecule has 1 atom stereocenters. The van der Waals surface area contributed by atoms with Crippen LogP contribution in [-0.2, 0) is 6.54 Å². The zero-order valence-corrected chi connectivity index (χ0v) is 17.1. The fourth-order valence-electron chi connectivity index (χ4n) is 3.72. The lowest BCUT2D eigenvalue weighted by atomic mass is 10.1. The topological polar surface area (TPSA) is 91.8 Å². The molecule has 0 saturated carbocycles. The Morgan fingerprint density at radius 3 is 2.62 bits per heavy atom. The highest BCUT2D eigenvalue weighted by atomic mass is 19.1. The fraction of sp³-hybridized carbons (Fsp3) is 0.381. The van der Waals surface area contributed by atoms with Crippen LogP contribution in [0, 0.1) is 5.82 Å². The monoisotopic (exact) mass is 397 g/mol. The second-order valence-electron chi connectivity index (χ2n) is 8.38. The van der Waals surface area contributed by atoms with E-state index in [-0.39, 0.29) is 34.1 Å². The van der Waals surface area contributed by atoms with E-state index in [4.69, 9.17) is 0 Å². The highest BCUT2D eigenvalue weighted by Gasteiger charge is 2.29. The van der Waals surface area contributed by atoms with Crippen molar-refractivity contribution in [2.75, 3.05) is 5.32 Å². The maximum Gasteiger partial charge on any atom is 0.262 e. The zero-order valence-electron chi connectivity index (χ0n) is 17.1. The lowest BCUT2D eigenvalue weighted by Gasteiger charge is -2.24. The fourth-order valence-corrected chi connectivity index (χ4v) is 3.72. The van der Waals surface area contributed by atoms with E-state index in [0.29, 0.717) is 34.8 Å². The second-order valence-corrected chi connectivity index (χ2v) is 8.38. The molecule has 7 nitrogen and oxygen atoms in total. The number of amides is 1. The molecule has 0 saturated heterocycles. The first-order chi connectivity index (χ1) is 13.6. The van der Waals surface area contributed by atoms with Gasteiger partial charge >= 0.3 is 0 Å². The molecular weight excluding hydrogens is 373 g/mol. The van der Waals surface area contributed by atoms with E-state index < -0.39 is 5.82 Å². The van der Waals surface area contributed by atoms with Crippen LogP contribution < -0.4 is 16.2 Å². The van der Waals surface area contributed by atoms with Gasteiger partial charge in [-0.15, -0.1) is 0 Å². The first-order valence-corrected chi connectivity index (χ1v) is 9.66. The molecule has 3 N–H and O–H groups in total. The van der Waals surface area contributed by atoms with Crippen LogP contribution in [0.2, 0.25) is 0 Å². The molecule has 3 heterocycles. The molecule has 0 radical (unpaired) electrons. The third-order valence-electron chi connectivity index (χ3n) is 5.02. The van der Waals surface area contributed by atoms with Crippen LogP contribution in [-0.4, -0.2) is 26.0 Å². The van der Waals surface area contributed by atoms with Gasteiger partial charge in [0.15, 0.2) is 0 Å². The van der Waals surface area contributed by atoms with Gasteiger partial charge in [-0.1, -0.05) is 0 Å². The average molecular weight is 397 g/mol. The molecule has 0 aliphatic carbocycles. The summed E-state index contributed by atoms with van der Waals surface area (Å²) in [7, 11) is 0. The van der Waals surface area contributed by atoms with Crippen molar-refractivity contribution >= 4 is 22.8 Å². The zero-order chi connectivity index (χ0) is 21.1. The molecule has 1 amide bonds. The Morgan fingerprint density at radius 2 is 2.00 bits per heavy atom. The summed E-state index contributed by atoms with van der Waals surface area (Å²) in [5.74, 6) is -0.324. The number of fused-ring (bicyclic) bond motifs is 2. The number of H-pyrrole nitrogens is 1. The minimum atomic E-state index is -0.506. The normalized spacial score (nSPS) is 16.2. The summed E-state index contributed by atoms with van der Waals surface area (Å²) >= 11 is 0. The molecule has 0 spiro atoms. The molecule has 152 valence electrons. The van der Waals surface area contributed by atoms with Gasteiger partial charge in [0.25, 0.3) is 11.5 Å². The number of nitrogens with zero attached hydrogens (tertiary/aromatic N) is 2. The van der Waals surface area contributed by atoms with Gasteiger partial charge in [0.05, 0.1) is 39.5 Å². The predicted molar refractivity (Wildman–Crippen MR) is 111 cm³/mol. The van der Waals surface area contributed by atoms with Gasteiger partial charge in [-0.25, -0.2) is 9.37 Å². The number of aromatic amines is 1. The number of hydrogen-bond acceptors (Lipinski definition) is 4. The number of benzene rings is 1. The van der Waals surface area contributed by atoms with E-state index in [1.54, 1.807) is 10.6 Å². The van der Waals surface area contributed by atoms with Crippen molar-refractivity contribution in [2.24, 2.45) is 0 Å². The molecule has 2 aromatic heterocycles. The molecule has 0 bridgehead atoms. The summed E-state index contributed by atoms with van der Waals surface area (Å²) in [6, 6.07) is 4.17. The van der Waals surface area contributed by atoms with Gasteiger partial charge < -0.3 is 15.6 Å². The van der Waals surface area contributed by atoms with Gasteiger partial charge in [0.1, 0.15) is 5.82 Å². The van der Waals surface area contributed by atoms with Crippen molar-refractivity contribution in [3.8, 4) is 11.3 Å². The van der Waals surface area contributed by atoms with Crippen LogP contribution in [0.15, 0.2) is 23.0 Å². The largest absolute Gasteiger partial charge is 0.356 e. The van der Waals surface area contributed by atoms with Crippen LogP contribution in [0.5, 0.6) is 0 Å². The number of aromatic nitrogens is 3. The van der Waals surface area contributed by atoms with Gasteiger partial charge in [-0.05, 0) is 52.8 Å². The van der Waals surface area contributed by atoms with Crippen molar-refractivity contribution in [1.82, 2.24) is 19.9 Å². The number of halogens is 1. The van der Waals surface area contributed by atoms with E-state index in [0.717, 1.165) is 0 Å². The van der Waals surface area contributed by atoms with E-state index >= 15 is 0 Å². The number of rotatable bonds is 3. The first kappa shape index (κ1) is 19.2. The molecule has 1 aliphatic rings. The lowest BCUT2D eigenvalue weighted by molar-refractivity contribution is 0.0958. The van der Waals surface area contributed by atoms with Crippen molar-refractivity contribution in [2.45, 2.75) is 52.7 Å². The van der Waals surface area contributed by atoms with Crippen molar-refractivity contribution in [1.29, 1.82) is 0 Å². The average Bonchev–Trinajstić information content (AvgIpc) is 3.15. The minimum absolute atomic E-state index is 0.187. The molecule has 8 heteroatoms. The molecule has 3 aromatic rings. The smallest absolute Gasteiger partial charge is 0.262 e. The van der Waals surface area contributed by atoms with Crippen LogP contribution in [0.25, 0.3) is 22.2 Å². The number of nitrogens with one attached hydrogen (secondary N) is 3. The van der Waals surface area contributed by atoms with Crippen molar-refractivity contribution in [3.63, 3.8) is 0 Å². The maximum atomic E-state index is 15.0. The third kappa shape index (κ3) is 3.08. The molecule has 29 heavy (non-hydrogen) atoms. The summed E-state index contributed by atoms with van der Waals surface area (Å²) < 4.78 is 16.5. The van der Waals surface area contributed by atoms with E-state index in [1.165, 1.54) is 12.1 Å². The first-order valence-electron chi connectivity index (χ1n) is 9.66. The highest BCUT2D eigenvalue weighted by Crippen LogP contribution is 2.34. The van der Waals surface area contributed by atoms with Crippen LogP contribution in [0.1, 0.15) is 56.7 Å². The summed E-state index contributed by atoms with van der Waals surface area (Å²) in [6.45, 7) is 10.0. The second kappa shape index (κ2) is 6.43. The van der Waals surface area contributed by atoms with Crippen LogP contribution in [0.3, 0.4) is 0 Å². The third-order valence-corrected chi connectivity index (χ3v) is 5.02. The Balaban J connectivity index is 2.01. The molecule has 1 unspecified atom stereocenters. The molecule has 0 fully saturated rings. The van der Waals surface area contributed by atoms with Crippen LogP contribution in [0.4, 0.5) is 10.3 Å². The Kier molecular flexibility index (Phi) is 4.25. The minimum Gasteiger partial charge on any atom is -0.356 e. The molecule has 4 rings (SSSR count). The maximum absolute atomic E-state index is 15.0. The molecular formula is C21H24FN5O2. The quantitative estimate of drug-likeness (QED) is 0.630. The Bertz CT molecular complexity index is 1200. The number of hydrogen-bond donors (Lipinski definition) is 3. The SMILES string of the molecule is CCn1c(NC(C)(C)C)nc2c(-c3cc4c([nH]3)C(C)NC4=O)c(F)ccc2c1=O. The lowest BCUT2D eigenvalue weighted by Crippen LogP contribution is -2.33. The number of carbonyl (C=O) groups is 1. The summed E-state index contributed by atoms with van der Waals surface area (Å²) in [4.78, 5) is 33.0. The van der Waals surface area contributed by atoms with Gasteiger partial charge in [-0.3, -0.25) is 14.2 Å². The molecule has 1 aromatic carbocycles. The number of carbonyl (C=O) groups excluding carboxylic acids is 1. The highest BCUT2D eigenvalue weighted by molar-refractivity contribution is 6.01. The summed E-state index contributed by atoms with van der Waals surface area (Å²) in [6.07, 6.45) is 0. The van der Waals surface area contributed by atoms with Crippen molar-refractivity contribution < 1.29 is 9.18 Å². The predicted octanol–water partition coefficient (Wildman–Crippen LogP) is 3.57. The van der Waals surface area contributed by atoms with E-state index in [9.17, 15) is 14.0 Å². The van der Waals surface area contributed by atoms with Crippen molar-refractivity contribution in [3.05, 3.63) is 45.6 Å². The number of anilines is 1. The van der Waals surface area contributed by atoms with Gasteiger partial charge in [0.2, 0.25) is 5.95 Å². The Labute approximate surface area is 167 Å². The van der Waals surface area contributed by atoms with Gasteiger partial charge in [-0.2, -0.15) is 0 Å². The Morgan fingerprint density at radius 1 is 1.28 bits per heavy atom.